The van der Waals surface area contributed by atoms with Crippen molar-refractivity contribution in [2.75, 3.05) is 6.26 Å². The number of aliphatic hydroxyl groups excluding tert-OH is 1. The van der Waals surface area contributed by atoms with Gasteiger partial charge in [-0.2, -0.15) is 0 Å². The van der Waals surface area contributed by atoms with E-state index in [0.29, 0.717) is 5.92 Å². The van der Waals surface area contributed by atoms with Gasteiger partial charge in [0.25, 0.3) is 0 Å². The van der Waals surface area contributed by atoms with Gasteiger partial charge in [-0.25, -0.2) is 0 Å². The number of hydrogen-bond acceptors (Lipinski definition) is 2. The van der Waals surface area contributed by atoms with E-state index in [4.69, 9.17) is 0 Å². The minimum absolute atomic E-state index is 0.0801. The van der Waals surface area contributed by atoms with Crippen molar-refractivity contribution in [1.82, 2.24) is 0 Å². The van der Waals surface area contributed by atoms with Crippen molar-refractivity contribution in [1.29, 1.82) is 0 Å². The molecular weight excluding hydrogens is 300 g/mol. The SMILES string of the molecule is CSc1cccc(-c2cc(C(C)(C)C)cc(C(C)C)c2CO)c1. The molecule has 0 aliphatic carbocycles. The van der Waals surface area contributed by atoms with Crippen molar-refractivity contribution >= 4 is 11.8 Å². The van der Waals surface area contributed by atoms with Gasteiger partial charge < -0.3 is 5.11 Å². The monoisotopic (exact) mass is 328 g/mol. The second kappa shape index (κ2) is 7.11. The molecule has 0 aliphatic rings. The van der Waals surface area contributed by atoms with E-state index in [9.17, 15) is 5.11 Å². The molecule has 1 N–H and O–H groups in total. The number of benzene rings is 2. The van der Waals surface area contributed by atoms with Crippen LogP contribution in [0.3, 0.4) is 0 Å². The number of aliphatic hydroxyl groups is 1. The molecule has 0 radical (unpaired) electrons. The normalized spacial score (nSPS) is 12.0. The van der Waals surface area contributed by atoms with Crippen molar-refractivity contribution < 1.29 is 5.11 Å². The van der Waals surface area contributed by atoms with Crippen molar-refractivity contribution in [2.24, 2.45) is 0 Å². The Balaban J connectivity index is 2.76. The van der Waals surface area contributed by atoms with E-state index in [1.807, 2.05) is 0 Å². The van der Waals surface area contributed by atoms with E-state index < -0.39 is 0 Å². The molecule has 2 heteroatoms. The largest absolute Gasteiger partial charge is 0.392 e. The maximum atomic E-state index is 10.0. The first-order chi connectivity index (χ1) is 10.8. The van der Waals surface area contributed by atoms with Gasteiger partial charge in [0.1, 0.15) is 0 Å². The molecule has 2 rings (SSSR count). The van der Waals surface area contributed by atoms with Gasteiger partial charge in [-0.1, -0.05) is 58.9 Å². The van der Waals surface area contributed by atoms with Crippen LogP contribution in [-0.2, 0) is 12.0 Å². The summed E-state index contributed by atoms with van der Waals surface area (Å²) >= 11 is 1.75. The molecule has 0 saturated heterocycles. The molecular formula is C21H28OS. The van der Waals surface area contributed by atoms with Crippen LogP contribution in [0, 0.1) is 0 Å². The average molecular weight is 329 g/mol. The number of rotatable bonds is 4. The third-order valence-corrected chi connectivity index (χ3v) is 5.04. The molecule has 0 saturated carbocycles. The third kappa shape index (κ3) is 3.99. The van der Waals surface area contributed by atoms with Crippen molar-refractivity contribution in [3.05, 3.63) is 53.1 Å². The molecule has 0 aromatic heterocycles. The number of hydrogen-bond donors (Lipinski definition) is 1. The van der Waals surface area contributed by atoms with Crippen LogP contribution in [0.2, 0.25) is 0 Å². The zero-order valence-corrected chi connectivity index (χ0v) is 15.9. The van der Waals surface area contributed by atoms with E-state index >= 15 is 0 Å². The van der Waals surface area contributed by atoms with E-state index in [0.717, 1.165) is 5.56 Å². The highest BCUT2D eigenvalue weighted by Crippen LogP contribution is 2.36. The van der Waals surface area contributed by atoms with Gasteiger partial charge in [0.05, 0.1) is 6.61 Å². The Bertz CT molecular complexity index is 681. The minimum Gasteiger partial charge on any atom is -0.392 e. The van der Waals surface area contributed by atoms with Crippen LogP contribution in [0.25, 0.3) is 11.1 Å². The van der Waals surface area contributed by atoms with Gasteiger partial charge in [0.2, 0.25) is 0 Å². The first-order valence-corrected chi connectivity index (χ1v) is 9.43. The van der Waals surface area contributed by atoms with E-state index in [2.05, 4.69) is 77.3 Å². The lowest BCUT2D eigenvalue weighted by Crippen LogP contribution is -2.13. The summed E-state index contributed by atoms with van der Waals surface area (Å²) in [5, 5.41) is 10.0. The lowest BCUT2D eigenvalue weighted by atomic mass is 9.80. The first kappa shape index (κ1) is 18.1. The molecule has 0 aliphatic heterocycles. The highest BCUT2D eigenvalue weighted by Gasteiger charge is 2.20. The molecule has 0 atom stereocenters. The molecule has 23 heavy (non-hydrogen) atoms. The standard InChI is InChI=1S/C21H28OS/c1-14(2)18-11-16(21(3,4)5)12-19(20(18)13-22)15-8-7-9-17(10-15)23-6/h7-12,14,22H,13H2,1-6H3. The fraction of sp³-hybridized carbons (Fsp3) is 0.429. The topological polar surface area (TPSA) is 20.2 Å². The van der Waals surface area contributed by atoms with E-state index in [1.165, 1.54) is 27.1 Å². The zero-order chi connectivity index (χ0) is 17.2. The van der Waals surface area contributed by atoms with Crippen molar-refractivity contribution in [3.8, 4) is 11.1 Å². The third-order valence-electron chi connectivity index (χ3n) is 4.31. The molecule has 0 fully saturated rings. The highest BCUT2D eigenvalue weighted by atomic mass is 32.2. The maximum Gasteiger partial charge on any atom is 0.0690 e. The summed E-state index contributed by atoms with van der Waals surface area (Å²) < 4.78 is 0. The van der Waals surface area contributed by atoms with Crippen LogP contribution in [0.5, 0.6) is 0 Å². The fourth-order valence-electron chi connectivity index (χ4n) is 2.87. The Labute approximate surface area is 145 Å². The molecule has 124 valence electrons. The summed E-state index contributed by atoms with van der Waals surface area (Å²) in [6, 6.07) is 13.1. The summed E-state index contributed by atoms with van der Waals surface area (Å²) in [6.45, 7) is 11.2. The Morgan fingerprint density at radius 1 is 1.09 bits per heavy atom. The molecule has 0 amide bonds. The van der Waals surface area contributed by atoms with Crippen LogP contribution in [0.15, 0.2) is 41.3 Å². The predicted molar refractivity (Wildman–Crippen MR) is 102 cm³/mol. The second-order valence-corrected chi connectivity index (χ2v) is 8.27. The molecule has 2 aromatic rings. The van der Waals surface area contributed by atoms with Crippen molar-refractivity contribution in [2.45, 2.75) is 57.5 Å². The Hall–Kier alpha value is -1.25. The fourth-order valence-corrected chi connectivity index (χ4v) is 3.33. The zero-order valence-electron chi connectivity index (χ0n) is 15.1. The molecule has 0 unspecified atom stereocenters. The van der Waals surface area contributed by atoms with Crippen LogP contribution in [0.1, 0.15) is 57.2 Å². The minimum atomic E-state index is 0.0801. The average Bonchev–Trinajstić information content (AvgIpc) is 2.52. The second-order valence-electron chi connectivity index (χ2n) is 7.39. The van der Waals surface area contributed by atoms with Crippen LogP contribution < -0.4 is 0 Å². The molecule has 1 nitrogen and oxygen atoms in total. The summed E-state index contributed by atoms with van der Waals surface area (Å²) in [5.41, 5.74) is 6.08. The Kier molecular flexibility index (Phi) is 5.59. The molecule has 2 aromatic carbocycles. The van der Waals surface area contributed by atoms with Gasteiger partial charge in [0, 0.05) is 4.90 Å². The van der Waals surface area contributed by atoms with Gasteiger partial charge in [-0.15, -0.1) is 11.8 Å². The Morgan fingerprint density at radius 3 is 2.30 bits per heavy atom. The van der Waals surface area contributed by atoms with Crippen LogP contribution in [0.4, 0.5) is 0 Å². The van der Waals surface area contributed by atoms with Crippen LogP contribution in [-0.4, -0.2) is 11.4 Å². The summed E-state index contributed by atoms with van der Waals surface area (Å²) in [7, 11) is 0. The summed E-state index contributed by atoms with van der Waals surface area (Å²) in [5.74, 6) is 0.391. The lowest BCUT2D eigenvalue weighted by Gasteiger charge is -2.25. The number of thioether (sulfide) groups is 1. The summed E-state index contributed by atoms with van der Waals surface area (Å²) in [6.07, 6.45) is 2.09. The smallest absolute Gasteiger partial charge is 0.0690 e. The quantitative estimate of drug-likeness (QED) is 0.696. The van der Waals surface area contributed by atoms with Gasteiger partial charge in [0.15, 0.2) is 0 Å². The first-order valence-electron chi connectivity index (χ1n) is 8.20. The van der Waals surface area contributed by atoms with Crippen LogP contribution >= 0.6 is 11.8 Å². The molecule has 0 heterocycles. The molecule has 0 bridgehead atoms. The predicted octanol–water partition coefficient (Wildman–Crippen LogP) is 5.99. The van der Waals surface area contributed by atoms with E-state index in [1.54, 1.807) is 11.8 Å². The lowest BCUT2D eigenvalue weighted by molar-refractivity contribution is 0.280. The maximum absolute atomic E-state index is 10.0. The van der Waals surface area contributed by atoms with E-state index in [-0.39, 0.29) is 12.0 Å². The van der Waals surface area contributed by atoms with Gasteiger partial charge in [-0.05, 0) is 57.5 Å². The van der Waals surface area contributed by atoms with Crippen molar-refractivity contribution in [3.63, 3.8) is 0 Å². The summed E-state index contributed by atoms with van der Waals surface area (Å²) in [4.78, 5) is 1.25. The van der Waals surface area contributed by atoms with Gasteiger partial charge in [-0.3, -0.25) is 0 Å². The van der Waals surface area contributed by atoms with Gasteiger partial charge >= 0.3 is 0 Å². The Morgan fingerprint density at radius 2 is 1.78 bits per heavy atom. The molecule has 0 spiro atoms. The highest BCUT2D eigenvalue weighted by molar-refractivity contribution is 7.98.